The Bertz CT molecular complexity index is 1280. The summed E-state index contributed by atoms with van der Waals surface area (Å²) in [6, 6.07) is 21.1. The van der Waals surface area contributed by atoms with E-state index in [9.17, 15) is 9.59 Å². The van der Waals surface area contributed by atoms with E-state index in [1.807, 2.05) is 66.7 Å². The number of fused-ring (bicyclic) bond motifs is 2. The van der Waals surface area contributed by atoms with E-state index in [0.717, 1.165) is 33.9 Å². The molecule has 3 aromatic carbocycles. The minimum absolute atomic E-state index is 0.0827. The number of nitrogens with zero attached hydrogens (tertiary/aromatic N) is 1. The van der Waals surface area contributed by atoms with Gasteiger partial charge in [-0.1, -0.05) is 74.3 Å². The molecule has 1 N–H and O–H groups in total. The molecule has 3 aromatic rings. The van der Waals surface area contributed by atoms with Gasteiger partial charge in [-0.2, -0.15) is 0 Å². The van der Waals surface area contributed by atoms with Crippen LogP contribution in [0, 0.1) is 11.8 Å². The third-order valence-corrected chi connectivity index (χ3v) is 8.72. The Morgan fingerprint density at radius 3 is 2.69 bits per heavy atom. The van der Waals surface area contributed by atoms with Gasteiger partial charge in [0.05, 0.1) is 17.8 Å². The molecule has 35 heavy (non-hydrogen) atoms. The smallest absolute Gasteiger partial charge is 0.259 e. The predicted molar refractivity (Wildman–Crippen MR) is 142 cm³/mol. The average Bonchev–Trinajstić information content (AvgIpc) is 2.96. The fourth-order valence-corrected chi connectivity index (χ4v) is 6.35. The molecule has 6 heteroatoms. The molecule has 1 fully saturated rings. The second kappa shape index (κ2) is 10.1. The van der Waals surface area contributed by atoms with Crippen LogP contribution in [0.4, 0.5) is 5.69 Å². The first-order valence-corrected chi connectivity index (χ1v) is 13.4. The Hall–Kier alpha value is -2.76. The van der Waals surface area contributed by atoms with Crippen LogP contribution in [0.3, 0.4) is 0 Å². The van der Waals surface area contributed by atoms with Crippen molar-refractivity contribution in [2.45, 2.75) is 55.5 Å². The van der Waals surface area contributed by atoms with Crippen LogP contribution >= 0.6 is 23.4 Å². The summed E-state index contributed by atoms with van der Waals surface area (Å²) in [5, 5.41) is 3.90. The van der Waals surface area contributed by atoms with Crippen LogP contribution in [0.25, 0.3) is 0 Å². The predicted octanol–water partition coefficient (Wildman–Crippen LogP) is 7.21. The van der Waals surface area contributed by atoms with Gasteiger partial charge in [0, 0.05) is 26.4 Å². The van der Waals surface area contributed by atoms with Crippen molar-refractivity contribution in [3.8, 4) is 0 Å². The molecular formula is C29H29ClN2O2S. The highest BCUT2D eigenvalue weighted by Crippen LogP contribution is 2.42. The van der Waals surface area contributed by atoms with Crippen molar-refractivity contribution in [3.05, 3.63) is 88.4 Å². The minimum atomic E-state index is -0.0842. The van der Waals surface area contributed by atoms with Crippen LogP contribution < -0.4 is 10.2 Å². The average molecular weight is 505 g/mol. The lowest BCUT2D eigenvalue weighted by Crippen LogP contribution is -2.43. The van der Waals surface area contributed by atoms with Gasteiger partial charge < -0.3 is 10.2 Å². The Labute approximate surface area is 216 Å². The quantitative estimate of drug-likeness (QED) is 0.408. The van der Waals surface area contributed by atoms with E-state index in [-0.39, 0.29) is 17.9 Å². The summed E-state index contributed by atoms with van der Waals surface area (Å²) in [7, 11) is 0. The van der Waals surface area contributed by atoms with Crippen LogP contribution in [0.15, 0.2) is 76.5 Å². The first-order valence-electron chi connectivity index (χ1n) is 12.2. The third kappa shape index (κ3) is 4.98. The van der Waals surface area contributed by atoms with Crippen LogP contribution in [-0.4, -0.2) is 17.9 Å². The van der Waals surface area contributed by atoms with E-state index < -0.39 is 0 Å². The summed E-state index contributed by atoms with van der Waals surface area (Å²) < 4.78 is 0. The fraction of sp³-hybridized carbons (Fsp3) is 0.310. The molecule has 180 valence electrons. The van der Waals surface area contributed by atoms with Gasteiger partial charge in [0.15, 0.2) is 0 Å². The number of hydrogen-bond donors (Lipinski definition) is 1. The zero-order valence-corrected chi connectivity index (χ0v) is 21.5. The maximum Gasteiger partial charge on any atom is 0.259 e. The van der Waals surface area contributed by atoms with Crippen molar-refractivity contribution in [2.24, 2.45) is 11.8 Å². The van der Waals surface area contributed by atoms with Gasteiger partial charge in [0.1, 0.15) is 0 Å². The summed E-state index contributed by atoms with van der Waals surface area (Å²) in [5.74, 6) is 0.876. The Kier molecular flexibility index (Phi) is 6.90. The highest BCUT2D eigenvalue weighted by atomic mass is 35.5. The number of benzene rings is 3. The number of anilines is 1. The molecule has 4 nitrogen and oxygen atoms in total. The molecule has 5 rings (SSSR count). The molecule has 0 aromatic heterocycles. The maximum absolute atomic E-state index is 13.7. The molecule has 0 radical (unpaired) electrons. The van der Waals surface area contributed by atoms with E-state index in [1.54, 1.807) is 16.7 Å². The van der Waals surface area contributed by atoms with E-state index in [0.29, 0.717) is 34.5 Å². The number of hydrogen-bond acceptors (Lipinski definition) is 3. The number of carbonyl (C=O) groups excluding carboxylic acids is 2. The van der Waals surface area contributed by atoms with Gasteiger partial charge in [0.2, 0.25) is 0 Å². The SMILES string of the molecule is C[C@H]1[C@H](C)CCC[C@@H]1NC(=O)c1ccc2c(c1)N(Cc1cccc(Cl)c1)C(=O)c1ccccc1S2. The van der Waals surface area contributed by atoms with E-state index >= 15 is 0 Å². The zero-order chi connectivity index (χ0) is 24.5. The second-order valence-electron chi connectivity index (χ2n) is 9.65. The summed E-state index contributed by atoms with van der Waals surface area (Å²) in [6.45, 7) is 4.86. The highest BCUT2D eigenvalue weighted by molar-refractivity contribution is 7.99. The Balaban J connectivity index is 1.51. The monoisotopic (exact) mass is 504 g/mol. The fourth-order valence-electron chi connectivity index (χ4n) is 5.07. The summed E-state index contributed by atoms with van der Waals surface area (Å²) in [6.07, 6.45) is 3.36. The van der Waals surface area contributed by atoms with E-state index in [4.69, 9.17) is 11.6 Å². The molecule has 1 saturated carbocycles. The van der Waals surface area contributed by atoms with Gasteiger partial charge in [-0.3, -0.25) is 9.59 Å². The normalized spacial score (nSPS) is 21.6. The number of halogens is 1. The lowest BCUT2D eigenvalue weighted by molar-refractivity contribution is 0.0889. The summed E-state index contributed by atoms with van der Waals surface area (Å²) in [4.78, 5) is 30.7. The van der Waals surface area contributed by atoms with Crippen LogP contribution in [-0.2, 0) is 6.54 Å². The number of rotatable bonds is 4. The van der Waals surface area contributed by atoms with Crippen molar-refractivity contribution in [1.29, 1.82) is 0 Å². The van der Waals surface area contributed by atoms with Crippen molar-refractivity contribution >= 4 is 40.9 Å². The standard InChI is InChI=1S/C29H29ClN2O2S/c1-18-7-5-11-24(19(18)2)31-28(33)21-13-14-27-25(16-21)32(17-20-8-6-9-22(30)15-20)29(34)23-10-3-4-12-26(23)35-27/h3-4,6,8-10,12-16,18-19,24H,5,7,11,17H2,1-2H3,(H,31,33)/t18-,19+,24+/m1/s1. The van der Waals surface area contributed by atoms with Gasteiger partial charge >= 0.3 is 0 Å². The molecule has 2 aliphatic rings. The van der Waals surface area contributed by atoms with Gasteiger partial charge in [-0.25, -0.2) is 0 Å². The Morgan fingerprint density at radius 2 is 1.86 bits per heavy atom. The van der Waals surface area contributed by atoms with Crippen molar-refractivity contribution in [3.63, 3.8) is 0 Å². The third-order valence-electron chi connectivity index (χ3n) is 7.35. The summed E-state index contributed by atoms with van der Waals surface area (Å²) >= 11 is 7.79. The van der Waals surface area contributed by atoms with Gasteiger partial charge in [0.25, 0.3) is 11.8 Å². The van der Waals surface area contributed by atoms with Gasteiger partial charge in [-0.05, 0) is 66.3 Å². The molecule has 0 spiro atoms. The molecule has 0 unspecified atom stereocenters. The van der Waals surface area contributed by atoms with E-state index in [2.05, 4.69) is 19.2 Å². The van der Waals surface area contributed by atoms with Crippen molar-refractivity contribution in [2.75, 3.05) is 4.90 Å². The molecular weight excluding hydrogens is 476 g/mol. The molecule has 1 aliphatic carbocycles. The molecule has 1 heterocycles. The van der Waals surface area contributed by atoms with Crippen LogP contribution in [0.1, 0.15) is 59.4 Å². The number of amides is 2. The lowest BCUT2D eigenvalue weighted by atomic mass is 9.78. The highest BCUT2D eigenvalue weighted by Gasteiger charge is 2.30. The van der Waals surface area contributed by atoms with Gasteiger partial charge in [-0.15, -0.1) is 0 Å². The number of nitrogens with one attached hydrogen (secondary N) is 1. The first kappa shape index (κ1) is 24.0. The second-order valence-corrected chi connectivity index (χ2v) is 11.2. The minimum Gasteiger partial charge on any atom is -0.349 e. The summed E-state index contributed by atoms with van der Waals surface area (Å²) in [5.41, 5.74) is 2.91. The maximum atomic E-state index is 13.7. The largest absolute Gasteiger partial charge is 0.349 e. The molecule has 0 bridgehead atoms. The zero-order valence-electron chi connectivity index (χ0n) is 20.0. The molecule has 0 saturated heterocycles. The molecule has 2 amide bonds. The topological polar surface area (TPSA) is 49.4 Å². The first-order chi connectivity index (χ1) is 16.9. The molecule has 3 atom stereocenters. The van der Waals surface area contributed by atoms with Crippen molar-refractivity contribution in [1.82, 2.24) is 5.32 Å². The van der Waals surface area contributed by atoms with Crippen LogP contribution in [0.2, 0.25) is 5.02 Å². The lowest BCUT2D eigenvalue weighted by Gasteiger charge is -2.34. The Morgan fingerprint density at radius 1 is 1.03 bits per heavy atom. The van der Waals surface area contributed by atoms with Crippen LogP contribution in [0.5, 0.6) is 0 Å². The van der Waals surface area contributed by atoms with E-state index in [1.165, 1.54) is 6.42 Å². The van der Waals surface area contributed by atoms with Crippen molar-refractivity contribution < 1.29 is 9.59 Å². The number of carbonyl (C=O) groups is 2. The molecule has 1 aliphatic heterocycles.